The number of hydrogen-bond donors (Lipinski definition) is 2. The van der Waals surface area contributed by atoms with Gasteiger partial charge in [-0.2, -0.15) is 5.10 Å². The third-order valence-corrected chi connectivity index (χ3v) is 3.31. The second-order valence-corrected chi connectivity index (χ2v) is 6.41. The van der Waals surface area contributed by atoms with Gasteiger partial charge in [0.05, 0.1) is 6.20 Å². The van der Waals surface area contributed by atoms with E-state index >= 15 is 0 Å². The fraction of sp³-hybridized carbons (Fsp3) is 0.467. The van der Waals surface area contributed by atoms with Gasteiger partial charge < -0.3 is 10.4 Å². The van der Waals surface area contributed by atoms with E-state index in [0.29, 0.717) is 18.5 Å². The van der Waals surface area contributed by atoms with Gasteiger partial charge in [-0.05, 0) is 24.3 Å². The van der Waals surface area contributed by atoms with Crippen LogP contribution in [0, 0.1) is 5.41 Å². The molecule has 0 spiro atoms. The Morgan fingerprint density at radius 3 is 2.77 bits per heavy atom. The van der Waals surface area contributed by atoms with Crippen LogP contribution < -0.4 is 5.32 Å². The lowest BCUT2D eigenvalue weighted by Crippen LogP contribution is -2.41. The van der Waals surface area contributed by atoms with Crippen LogP contribution in [0.5, 0.6) is 0 Å². The molecule has 0 fully saturated rings. The predicted molar refractivity (Wildman–Crippen MR) is 80.6 cm³/mol. The minimum Gasteiger partial charge on any atom is -0.480 e. The second-order valence-electron chi connectivity index (χ2n) is 6.41. The molecule has 0 aliphatic heterocycles. The average Bonchev–Trinajstić information content (AvgIpc) is 2.85. The van der Waals surface area contributed by atoms with Crippen molar-refractivity contribution >= 4 is 17.5 Å². The monoisotopic (exact) mass is 304 g/mol. The van der Waals surface area contributed by atoms with Gasteiger partial charge >= 0.3 is 5.97 Å². The first kappa shape index (κ1) is 15.9. The molecule has 22 heavy (non-hydrogen) atoms. The standard InChI is InChI=1S/C15H20N4O3/c1-15(2,3)6-5-11(14(21)22)18-13(20)10-9-17-19-8-4-7-16-12(10)19/h4,7-9,11H,5-6H2,1-3H3,(H,18,20)(H,21,22). The summed E-state index contributed by atoms with van der Waals surface area (Å²) in [6.45, 7) is 6.09. The van der Waals surface area contributed by atoms with Crippen molar-refractivity contribution in [1.82, 2.24) is 19.9 Å². The first-order valence-electron chi connectivity index (χ1n) is 7.10. The third-order valence-electron chi connectivity index (χ3n) is 3.31. The average molecular weight is 304 g/mol. The summed E-state index contributed by atoms with van der Waals surface area (Å²) >= 11 is 0. The summed E-state index contributed by atoms with van der Waals surface area (Å²) in [4.78, 5) is 27.7. The SMILES string of the molecule is CC(C)(C)CCC(NC(=O)c1cnn2cccnc12)C(=O)O. The number of carboxylic acids is 1. The number of aromatic nitrogens is 3. The van der Waals surface area contributed by atoms with E-state index in [0.717, 1.165) is 0 Å². The highest BCUT2D eigenvalue weighted by Crippen LogP contribution is 2.22. The van der Waals surface area contributed by atoms with Gasteiger partial charge in [0.2, 0.25) is 0 Å². The van der Waals surface area contributed by atoms with Crippen LogP contribution in [-0.4, -0.2) is 37.6 Å². The number of nitrogens with zero attached hydrogens (tertiary/aromatic N) is 3. The van der Waals surface area contributed by atoms with Crippen molar-refractivity contribution in [1.29, 1.82) is 0 Å². The quantitative estimate of drug-likeness (QED) is 0.877. The minimum atomic E-state index is -1.04. The van der Waals surface area contributed by atoms with Crippen LogP contribution >= 0.6 is 0 Å². The summed E-state index contributed by atoms with van der Waals surface area (Å²) in [5.74, 6) is -1.52. The Labute approximate surface area is 128 Å². The number of amides is 1. The summed E-state index contributed by atoms with van der Waals surface area (Å²) in [6, 6.07) is 0.774. The van der Waals surface area contributed by atoms with E-state index in [4.69, 9.17) is 0 Å². The number of carbonyl (C=O) groups excluding carboxylic acids is 1. The van der Waals surface area contributed by atoms with Gasteiger partial charge in [-0.1, -0.05) is 20.8 Å². The highest BCUT2D eigenvalue weighted by Gasteiger charge is 2.24. The van der Waals surface area contributed by atoms with Crippen LogP contribution in [0.4, 0.5) is 0 Å². The number of rotatable bonds is 5. The van der Waals surface area contributed by atoms with Gasteiger partial charge in [0.1, 0.15) is 11.6 Å². The fourth-order valence-corrected chi connectivity index (χ4v) is 2.06. The van der Waals surface area contributed by atoms with Crippen molar-refractivity contribution in [3.05, 3.63) is 30.2 Å². The van der Waals surface area contributed by atoms with Crippen molar-refractivity contribution < 1.29 is 14.7 Å². The molecule has 118 valence electrons. The minimum absolute atomic E-state index is 0.00436. The van der Waals surface area contributed by atoms with E-state index in [9.17, 15) is 14.7 Å². The number of carbonyl (C=O) groups is 2. The molecule has 1 atom stereocenters. The Morgan fingerprint density at radius 2 is 2.14 bits per heavy atom. The van der Waals surface area contributed by atoms with Crippen LogP contribution in [0.1, 0.15) is 44.0 Å². The maximum atomic E-state index is 12.3. The number of aliphatic carboxylic acids is 1. The Kier molecular flexibility index (Phi) is 4.44. The summed E-state index contributed by atoms with van der Waals surface area (Å²) in [5.41, 5.74) is 0.673. The Morgan fingerprint density at radius 1 is 1.41 bits per heavy atom. The molecule has 2 aromatic rings. The van der Waals surface area contributed by atoms with Crippen molar-refractivity contribution in [3.63, 3.8) is 0 Å². The molecule has 0 bridgehead atoms. The Bertz CT molecular complexity index is 687. The fourth-order valence-electron chi connectivity index (χ4n) is 2.06. The molecule has 2 aromatic heterocycles. The number of hydrogen-bond acceptors (Lipinski definition) is 4. The Hall–Kier alpha value is -2.44. The second kappa shape index (κ2) is 6.13. The van der Waals surface area contributed by atoms with Crippen molar-refractivity contribution in [2.75, 3.05) is 0 Å². The lowest BCUT2D eigenvalue weighted by molar-refractivity contribution is -0.139. The lowest BCUT2D eigenvalue weighted by Gasteiger charge is -2.21. The number of carboxylic acid groups (broad SMARTS) is 1. The van der Waals surface area contributed by atoms with Crippen LogP contribution in [0.15, 0.2) is 24.7 Å². The highest BCUT2D eigenvalue weighted by atomic mass is 16.4. The van der Waals surface area contributed by atoms with E-state index in [1.54, 1.807) is 18.5 Å². The van der Waals surface area contributed by atoms with E-state index in [1.807, 2.05) is 20.8 Å². The number of fused-ring (bicyclic) bond motifs is 1. The van der Waals surface area contributed by atoms with Gasteiger partial charge in [0.15, 0.2) is 5.65 Å². The molecule has 1 unspecified atom stereocenters. The zero-order valence-corrected chi connectivity index (χ0v) is 12.9. The lowest BCUT2D eigenvalue weighted by atomic mass is 9.88. The van der Waals surface area contributed by atoms with Crippen molar-refractivity contribution in [2.24, 2.45) is 5.41 Å². The van der Waals surface area contributed by atoms with Crippen molar-refractivity contribution in [2.45, 2.75) is 39.7 Å². The molecule has 0 aliphatic rings. The molecule has 0 radical (unpaired) electrons. The van der Waals surface area contributed by atoms with E-state index in [1.165, 1.54) is 10.7 Å². The van der Waals surface area contributed by atoms with Crippen molar-refractivity contribution in [3.8, 4) is 0 Å². The van der Waals surface area contributed by atoms with Crippen LogP contribution in [0.25, 0.3) is 5.65 Å². The largest absolute Gasteiger partial charge is 0.480 e. The van der Waals surface area contributed by atoms with Gasteiger partial charge in [-0.3, -0.25) is 4.79 Å². The summed E-state index contributed by atoms with van der Waals surface area (Å²) in [7, 11) is 0. The zero-order chi connectivity index (χ0) is 16.3. The molecule has 0 saturated carbocycles. The maximum Gasteiger partial charge on any atom is 0.326 e. The molecule has 0 aromatic carbocycles. The van der Waals surface area contributed by atoms with Gasteiger partial charge in [0.25, 0.3) is 5.91 Å². The van der Waals surface area contributed by atoms with Crippen LogP contribution in [-0.2, 0) is 4.79 Å². The summed E-state index contributed by atoms with van der Waals surface area (Å²) in [5, 5.41) is 15.9. The maximum absolute atomic E-state index is 12.3. The van der Waals surface area contributed by atoms with Gasteiger partial charge in [-0.25, -0.2) is 14.3 Å². The third kappa shape index (κ3) is 3.81. The van der Waals surface area contributed by atoms with E-state index < -0.39 is 17.9 Å². The first-order chi connectivity index (χ1) is 10.3. The van der Waals surface area contributed by atoms with E-state index in [2.05, 4.69) is 15.4 Å². The molecule has 2 rings (SSSR count). The van der Waals surface area contributed by atoms with Crippen LogP contribution in [0.2, 0.25) is 0 Å². The molecular formula is C15H20N4O3. The highest BCUT2D eigenvalue weighted by molar-refractivity contribution is 6.01. The molecule has 2 N–H and O–H groups in total. The normalized spacial score (nSPS) is 13.0. The molecule has 7 nitrogen and oxygen atoms in total. The molecule has 7 heteroatoms. The molecule has 0 saturated heterocycles. The first-order valence-corrected chi connectivity index (χ1v) is 7.10. The van der Waals surface area contributed by atoms with Gasteiger partial charge in [-0.15, -0.1) is 0 Å². The predicted octanol–water partition coefficient (Wildman–Crippen LogP) is 1.74. The topological polar surface area (TPSA) is 96.6 Å². The number of nitrogens with one attached hydrogen (secondary N) is 1. The van der Waals surface area contributed by atoms with Gasteiger partial charge in [0, 0.05) is 12.4 Å². The molecule has 2 heterocycles. The van der Waals surface area contributed by atoms with Crippen LogP contribution in [0.3, 0.4) is 0 Å². The summed E-state index contributed by atoms with van der Waals surface area (Å²) in [6.07, 6.45) is 5.68. The smallest absolute Gasteiger partial charge is 0.326 e. The molecule has 0 aliphatic carbocycles. The summed E-state index contributed by atoms with van der Waals surface area (Å²) < 4.78 is 1.47. The Balaban J connectivity index is 2.13. The zero-order valence-electron chi connectivity index (χ0n) is 12.9. The molecule has 1 amide bonds. The molecular weight excluding hydrogens is 284 g/mol. The van der Waals surface area contributed by atoms with E-state index in [-0.39, 0.29) is 11.0 Å².